The van der Waals surface area contributed by atoms with Gasteiger partial charge in [0.05, 0.1) is 11.8 Å². The number of aryl methyl sites for hydroxylation is 1. The summed E-state index contributed by atoms with van der Waals surface area (Å²) in [7, 11) is 0. The molecule has 4 heteroatoms. The van der Waals surface area contributed by atoms with Gasteiger partial charge in [-0.2, -0.15) is 0 Å². The second-order valence-corrected chi connectivity index (χ2v) is 7.50. The van der Waals surface area contributed by atoms with Crippen LogP contribution in [0.5, 0.6) is 0 Å². The number of hydrogen-bond acceptors (Lipinski definition) is 2. The number of aliphatic carboxylic acids is 1. The number of carboxylic acids is 1. The number of carbonyl (C=O) groups is 2. The van der Waals surface area contributed by atoms with E-state index in [9.17, 15) is 14.7 Å². The van der Waals surface area contributed by atoms with Crippen LogP contribution in [-0.4, -0.2) is 23.0 Å². The highest BCUT2D eigenvalue weighted by Crippen LogP contribution is 2.49. The quantitative estimate of drug-likeness (QED) is 0.842. The van der Waals surface area contributed by atoms with Gasteiger partial charge in [-0.3, -0.25) is 9.59 Å². The van der Waals surface area contributed by atoms with Crippen LogP contribution in [0.15, 0.2) is 30.3 Å². The van der Waals surface area contributed by atoms with E-state index in [4.69, 9.17) is 0 Å². The van der Waals surface area contributed by atoms with Crippen LogP contribution in [0.2, 0.25) is 0 Å². The minimum atomic E-state index is -0.790. The highest BCUT2D eigenvalue weighted by molar-refractivity contribution is 5.85. The summed E-state index contributed by atoms with van der Waals surface area (Å²) in [4.78, 5) is 24.4. The lowest BCUT2D eigenvalue weighted by Gasteiger charge is -2.46. The van der Waals surface area contributed by atoms with Crippen LogP contribution in [0, 0.1) is 23.7 Å². The van der Waals surface area contributed by atoms with E-state index in [-0.39, 0.29) is 29.7 Å². The highest BCUT2D eigenvalue weighted by atomic mass is 16.4. The predicted octanol–water partition coefficient (Wildman–Crippen LogP) is 3.26. The molecule has 1 aromatic carbocycles. The number of rotatable bonds is 6. The first-order chi connectivity index (χ1) is 11.6. The van der Waals surface area contributed by atoms with Gasteiger partial charge in [0.15, 0.2) is 0 Å². The maximum atomic E-state index is 12.8. The zero-order valence-electron chi connectivity index (χ0n) is 14.3. The SMILES string of the molecule is C[C@@H](CCc1ccccc1)NC(=O)[C@@H]1C2CCC(CC2)[C@@H]1C(=O)O. The summed E-state index contributed by atoms with van der Waals surface area (Å²) >= 11 is 0. The summed E-state index contributed by atoms with van der Waals surface area (Å²) in [6.07, 6.45) is 5.73. The Hall–Kier alpha value is -1.84. The van der Waals surface area contributed by atoms with Gasteiger partial charge in [-0.25, -0.2) is 0 Å². The maximum Gasteiger partial charge on any atom is 0.307 e. The first-order valence-electron chi connectivity index (χ1n) is 9.13. The molecule has 3 aliphatic rings. The number of hydrogen-bond donors (Lipinski definition) is 2. The number of nitrogens with one attached hydrogen (secondary N) is 1. The molecule has 130 valence electrons. The average Bonchev–Trinajstić information content (AvgIpc) is 2.61. The maximum absolute atomic E-state index is 12.8. The molecule has 3 fully saturated rings. The Labute approximate surface area is 143 Å². The van der Waals surface area contributed by atoms with Crippen LogP contribution >= 0.6 is 0 Å². The lowest BCUT2D eigenvalue weighted by molar-refractivity contribution is -0.158. The van der Waals surface area contributed by atoms with E-state index in [0.29, 0.717) is 0 Å². The molecule has 2 N–H and O–H groups in total. The predicted molar refractivity (Wildman–Crippen MR) is 92.4 cm³/mol. The Balaban J connectivity index is 1.58. The zero-order chi connectivity index (χ0) is 17.1. The van der Waals surface area contributed by atoms with Crippen molar-refractivity contribution in [2.24, 2.45) is 23.7 Å². The molecular weight excluding hydrogens is 302 g/mol. The Bertz CT molecular complexity index is 578. The van der Waals surface area contributed by atoms with Gasteiger partial charge in [0.25, 0.3) is 0 Å². The molecule has 3 atom stereocenters. The molecule has 4 rings (SSSR count). The van der Waals surface area contributed by atoms with Crippen LogP contribution < -0.4 is 5.32 Å². The molecule has 4 nitrogen and oxygen atoms in total. The van der Waals surface area contributed by atoms with E-state index in [2.05, 4.69) is 17.4 Å². The van der Waals surface area contributed by atoms with Gasteiger partial charge in [-0.05, 0) is 62.8 Å². The van der Waals surface area contributed by atoms with Crippen LogP contribution in [0.4, 0.5) is 0 Å². The second-order valence-electron chi connectivity index (χ2n) is 7.50. The smallest absolute Gasteiger partial charge is 0.307 e. The van der Waals surface area contributed by atoms with Gasteiger partial charge in [0, 0.05) is 6.04 Å². The summed E-state index contributed by atoms with van der Waals surface area (Å²) in [5, 5.41) is 12.7. The number of amides is 1. The summed E-state index contributed by atoms with van der Waals surface area (Å²) < 4.78 is 0. The Kier molecular flexibility index (Phi) is 5.22. The molecule has 1 aromatic rings. The Morgan fingerprint density at radius 2 is 1.67 bits per heavy atom. The molecule has 0 aromatic heterocycles. The third-order valence-electron chi connectivity index (χ3n) is 5.90. The van der Waals surface area contributed by atoms with E-state index in [0.717, 1.165) is 38.5 Å². The van der Waals surface area contributed by atoms with Crippen LogP contribution in [0.25, 0.3) is 0 Å². The molecule has 0 saturated heterocycles. The normalized spacial score (nSPS) is 29.9. The number of fused-ring (bicyclic) bond motifs is 3. The summed E-state index contributed by atoms with van der Waals surface area (Å²) in [5.41, 5.74) is 1.26. The standard InChI is InChI=1S/C20H27NO3/c1-13(7-8-14-5-3-2-4-6-14)21-19(22)17-15-9-11-16(12-10-15)18(17)20(23)24/h2-6,13,15-18H,7-12H2,1H3,(H,21,22)(H,23,24)/t13-,15?,16?,17+,18-/m0/s1. The van der Waals surface area contributed by atoms with Gasteiger partial charge in [-0.15, -0.1) is 0 Å². The fraction of sp³-hybridized carbons (Fsp3) is 0.600. The largest absolute Gasteiger partial charge is 0.481 e. The van der Waals surface area contributed by atoms with Crippen molar-refractivity contribution in [2.75, 3.05) is 0 Å². The van der Waals surface area contributed by atoms with Crippen molar-refractivity contribution in [1.82, 2.24) is 5.32 Å². The molecule has 0 radical (unpaired) electrons. The van der Waals surface area contributed by atoms with E-state index in [1.165, 1.54) is 5.56 Å². The first kappa shape index (κ1) is 17.0. The average molecular weight is 329 g/mol. The van der Waals surface area contributed by atoms with Gasteiger partial charge in [0.2, 0.25) is 5.91 Å². The molecule has 0 heterocycles. The van der Waals surface area contributed by atoms with E-state index in [1.54, 1.807) is 0 Å². The van der Waals surface area contributed by atoms with Gasteiger partial charge in [0.1, 0.15) is 0 Å². The monoisotopic (exact) mass is 329 g/mol. The Morgan fingerprint density at radius 3 is 2.25 bits per heavy atom. The van der Waals surface area contributed by atoms with Crippen molar-refractivity contribution in [3.8, 4) is 0 Å². The van der Waals surface area contributed by atoms with Crippen molar-refractivity contribution in [1.29, 1.82) is 0 Å². The zero-order valence-corrected chi connectivity index (χ0v) is 14.3. The third-order valence-corrected chi connectivity index (χ3v) is 5.90. The van der Waals surface area contributed by atoms with Crippen molar-refractivity contribution < 1.29 is 14.7 Å². The highest BCUT2D eigenvalue weighted by Gasteiger charge is 2.50. The van der Waals surface area contributed by atoms with Gasteiger partial charge < -0.3 is 10.4 Å². The lowest BCUT2D eigenvalue weighted by Crippen LogP contribution is -2.52. The molecule has 0 aliphatic heterocycles. The number of benzene rings is 1. The second kappa shape index (κ2) is 7.37. The number of carboxylic acid groups (broad SMARTS) is 1. The minimum Gasteiger partial charge on any atom is -0.481 e. The van der Waals surface area contributed by atoms with E-state index in [1.807, 2.05) is 25.1 Å². The van der Waals surface area contributed by atoms with Crippen LogP contribution in [0.3, 0.4) is 0 Å². The number of carbonyl (C=O) groups excluding carboxylic acids is 1. The lowest BCUT2D eigenvalue weighted by atomic mass is 9.58. The molecule has 3 saturated carbocycles. The van der Waals surface area contributed by atoms with Crippen LogP contribution in [-0.2, 0) is 16.0 Å². The van der Waals surface area contributed by atoms with Crippen molar-refractivity contribution in [2.45, 2.75) is 51.5 Å². The van der Waals surface area contributed by atoms with E-state index >= 15 is 0 Å². The summed E-state index contributed by atoms with van der Waals surface area (Å²) in [6, 6.07) is 10.3. The fourth-order valence-electron chi connectivity index (χ4n) is 4.62. The molecular formula is C20H27NO3. The first-order valence-corrected chi connectivity index (χ1v) is 9.13. The summed E-state index contributed by atoms with van der Waals surface area (Å²) in [5.74, 6) is -1.23. The van der Waals surface area contributed by atoms with Gasteiger partial charge >= 0.3 is 5.97 Å². The van der Waals surface area contributed by atoms with Crippen molar-refractivity contribution >= 4 is 11.9 Å². The topological polar surface area (TPSA) is 66.4 Å². The fourth-order valence-corrected chi connectivity index (χ4v) is 4.62. The third kappa shape index (κ3) is 3.63. The molecule has 3 aliphatic carbocycles. The molecule has 0 spiro atoms. The van der Waals surface area contributed by atoms with Gasteiger partial charge in [-0.1, -0.05) is 30.3 Å². The molecule has 2 bridgehead atoms. The Morgan fingerprint density at radius 1 is 1.08 bits per heavy atom. The molecule has 1 amide bonds. The minimum absolute atomic E-state index is 0.0441. The molecule has 0 unspecified atom stereocenters. The van der Waals surface area contributed by atoms with E-state index < -0.39 is 11.9 Å². The summed E-state index contributed by atoms with van der Waals surface area (Å²) in [6.45, 7) is 2.01. The molecule has 24 heavy (non-hydrogen) atoms. The van der Waals surface area contributed by atoms with Crippen LogP contribution in [0.1, 0.15) is 44.6 Å². The van der Waals surface area contributed by atoms with Crippen molar-refractivity contribution in [3.63, 3.8) is 0 Å². The van der Waals surface area contributed by atoms with Crippen molar-refractivity contribution in [3.05, 3.63) is 35.9 Å².